The summed E-state index contributed by atoms with van der Waals surface area (Å²) in [4.78, 5) is 53.4. The van der Waals surface area contributed by atoms with Crippen LogP contribution in [0.5, 0.6) is 0 Å². The van der Waals surface area contributed by atoms with Crippen molar-refractivity contribution in [3.63, 3.8) is 0 Å². The van der Waals surface area contributed by atoms with Gasteiger partial charge in [0.2, 0.25) is 0 Å². The van der Waals surface area contributed by atoms with E-state index in [0.717, 1.165) is 11.1 Å². The smallest absolute Gasteiger partial charge is 0.254 e. The molecule has 43 heavy (non-hydrogen) atoms. The van der Waals surface area contributed by atoms with E-state index < -0.39 is 6.17 Å². The molecule has 8 rings (SSSR count). The van der Waals surface area contributed by atoms with Crippen LogP contribution in [0.3, 0.4) is 0 Å². The van der Waals surface area contributed by atoms with Crippen molar-refractivity contribution in [1.29, 1.82) is 0 Å². The Labute approximate surface area is 252 Å². The highest BCUT2D eigenvalue weighted by Crippen LogP contribution is 2.43. The van der Waals surface area contributed by atoms with Crippen LogP contribution in [0.2, 0.25) is 0 Å². The van der Waals surface area contributed by atoms with Gasteiger partial charge in [-0.2, -0.15) is 8.75 Å². The average molecular weight is 601 g/mol. The predicted molar refractivity (Wildman–Crippen MR) is 166 cm³/mol. The number of rotatable bonds is 5. The van der Waals surface area contributed by atoms with Gasteiger partial charge in [-0.1, -0.05) is 55.5 Å². The highest BCUT2D eigenvalue weighted by atomic mass is 32.1. The van der Waals surface area contributed by atoms with E-state index in [1.54, 1.807) is 36.4 Å². The van der Waals surface area contributed by atoms with Gasteiger partial charge in [0.25, 0.3) is 11.8 Å². The Balaban J connectivity index is 1.09. The SMILES string of the molecule is CCC(NC(=O)c1ccc2c3c(nsc13)-c1ccccc1C2=O)NC(=O)c1ccc2c3c(nsc13)-c1ccccc1C2=O. The molecule has 0 saturated heterocycles. The van der Waals surface area contributed by atoms with Gasteiger partial charge in [0.05, 0.1) is 31.9 Å². The molecule has 0 radical (unpaired) electrons. The fourth-order valence-electron chi connectivity index (χ4n) is 5.98. The maximum atomic E-state index is 13.5. The molecule has 2 N–H and O–H groups in total. The number of ketones is 2. The van der Waals surface area contributed by atoms with Crippen LogP contribution in [0.1, 0.15) is 65.9 Å². The summed E-state index contributed by atoms with van der Waals surface area (Å²) in [5.74, 6) is -0.936. The van der Waals surface area contributed by atoms with Crippen LogP contribution in [-0.4, -0.2) is 38.3 Å². The monoisotopic (exact) mass is 600 g/mol. The predicted octanol–water partition coefficient (Wildman–Crippen LogP) is 6.22. The molecule has 10 heteroatoms. The standard InChI is InChI=1S/C33H20N4O4S2/c1-2-23(34-32(40)21-13-11-19-24-26(36-42-30(21)24)15-7-3-5-9-17(15)28(19)38)35-33(41)22-14-12-20-25-27(37-43-31(22)25)16-8-4-6-10-18(16)29(20)39/h3-14,23H,2H2,1H3,(H,34,40)(H,35,41). The molecule has 0 aliphatic heterocycles. The second-order valence-corrected chi connectivity index (χ2v) is 12.0. The molecule has 0 bridgehead atoms. The van der Waals surface area contributed by atoms with E-state index in [-0.39, 0.29) is 23.4 Å². The quantitative estimate of drug-likeness (QED) is 0.226. The first kappa shape index (κ1) is 25.6. The second-order valence-electron chi connectivity index (χ2n) is 10.4. The molecule has 2 aromatic heterocycles. The minimum Gasteiger partial charge on any atom is -0.332 e. The van der Waals surface area contributed by atoms with Gasteiger partial charge >= 0.3 is 0 Å². The first-order valence-corrected chi connectivity index (χ1v) is 15.3. The van der Waals surface area contributed by atoms with Crippen molar-refractivity contribution >= 4 is 66.6 Å². The first-order valence-electron chi connectivity index (χ1n) is 13.7. The lowest BCUT2D eigenvalue weighted by Gasteiger charge is -2.20. The van der Waals surface area contributed by atoms with Gasteiger partial charge in [-0.25, -0.2) is 0 Å². The maximum Gasteiger partial charge on any atom is 0.254 e. The number of nitrogens with one attached hydrogen (secondary N) is 2. The minimum absolute atomic E-state index is 0.0904. The van der Waals surface area contributed by atoms with Crippen molar-refractivity contribution < 1.29 is 19.2 Å². The van der Waals surface area contributed by atoms with Crippen molar-refractivity contribution in [2.75, 3.05) is 0 Å². The summed E-state index contributed by atoms with van der Waals surface area (Å²) in [5.41, 5.74) is 5.95. The van der Waals surface area contributed by atoms with Crippen LogP contribution < -0.4 is 10.6 Å². The van der Waals surface area contributed by atoms with E-state index >= 15 is 0 Å². The van der Waals surface area contributed by atoms with Crippen LogP contribution in [-0.2, 0) is 0 Å². The molecule has 6 aromatic rings. The third-order valence-electron chi connectivity index (χ3n) is 8.10. The molecule has 0 atom stereocenters. The van der Waals surface area contributed by atoms with Crippen LogP contribution in [0.25, 0.3) is 42.7 Å². The number of carbonyl (C=O) groups is 4. The maximum absolute atomic E-state index is 13.5. The third-order valence-corrected chi connectivity index (χ3v) is 9.86. The van der Waals surface area contributed by atoms with Gasteiger partial charge in [0, 0.05) is 44.2 Å². The van der Waals surface area contributed by atoms with E-state index in [4.69, 9.17) is 0 Å². The van der Waals surface area contributed by atoms with E-state index in [9.17, 15) is 19.2 Å². The molecule has 2 aliphatic carbocycles. The van der Waals surface area contributed by atoms with Crippen molar-refractivity contribution in [2.24, 2.45) is 0 Å². The highest BCUT2D eigenvalue weighted by molar-refractivity contribution is 7.14. The Bertz CT molecular complexity index is 2080. The molecular weight excluding hydrogens is 581 g/mol. The van der Waals surface area contributed by atoms with Crippen molar-refractivity contribution in [2.45, 2.75) is 19.5 Å². The number of carbonyl (C=O) groups excluding carboxylic acids is 4. The Kier molecular flexibility index (Phi) is 5.65. The largest absolute Gasteiger partial charge is 0.332 e. The Morgan fingerprint density at radius 1 is 0.628 bits per heavy atom. The summed E-state index contributed by atoms with van der Waals surface area (Å²) < 4.78 is 10.5. The fourth-order valence-corrected chi connectivity index (χ4v) is 7.84. The Morgan fingerprint density at radius 2 is 1.05 bits per heavy atom. The average Bonchev–Trinajstić information content (AvgIpc) is 3.68. The third kappa shape index (κ3) is 3.66. The van der Waals surface area contributed by atoms with Crippen molar-refractivity contribution in [3.8, 4) is 22.5 Å². The Hall–Kier alpha value is -5.06. The van der Waals surface area contributed by atoms with E-state index in [0.29, 0.717) is 71.4 Å². The summed E-state index contributed by atoms with van der Waals surface area (Å²) in [7, 11) is 0. The van der Waals surface area contributed by atoms with Gasteiger partial charge in [-0.15, -0.1) is 0 Å². The number of aromatic nitrogens is 2. The number of fused-ring (bicyclic) bond motifs is 4. The minimum atomic E-state index is -0.672. The summed E-state index contributed by atoms with van der Waals surface area (Å²) in [6, 6.07) is 21.3. The molecule has 2 amide bonds. The van der Waals surface area contributed by atoms with Gasteiger partial charge in [-0.05, 0) is 53.8 Å². The summed E-state index contributed by atoms with van der Waals surface area (Å²) in [5, 5.41) is 7.23. The zero-order valence-electron chi connectivity index (χ0n) is 22.6. The van der Waals surface area contributed by atoms with Gasteiger partial charge < -0.3 is 10.6 Å². The fraction of sp³-hybridized carbons (Fsp3) is 0.0909. The number of hydrogen-bond donors (Lipinski definition) is 2. The number of nitrogens with zero attached hydrogens (tertiary/aromatic N) is 2. The van der Waals surface area contributed by atoms with Crippen LogP contribution in [0, 0.1) is 0 Å². The molecule has 4 aromatic carbocycles. The van der Waals surface area contributed by atoms with Crippen LogP contribution in [0.15, 0.2) is 72.8 Å². The molecule has 0 unspecified atom stereocenters. The van der Waals surface area contributed by atoms with Crippen LogP contribution in [0.4, 0.5) is 0 Å². The molecule has 2 aliphatic rings. The number of hydrogen-bond acceptors (Lipinski definition) is 8. The molecule has 208 valence electrons. The molecule has 8 nitrogen and oxygen atoms in total. The zero-order chi connectivity index (χ0) is 29.4. The lowest BCUT2D eigenvalue weighted by molar-refractivity contribution is 0.0882. The molecule has 0 saturated carbocycles. The van der Waals surface area contributed by atoms with Gasteiger partial charge in [0.15, 0.2) is 11.6 Å². The van der Waals surface area contributed by atoms with Gasteiger partial charge in [-0.3, -0.25) is 19.2 Å². The van der Waals surface area contributed by atoms with E-state index in [2.05, 4.69) is 19.4 Å². The second kappa shape index (κ2) is 9.48. The first-order chi connectivity index (χ1) is 21.0. The zero-order valence-corrected chi connectivity index (χ0v) is 24.2. The summed E-state index contributed by atoms with van der Waals surface area (Å²) in [6.45, 7) is 1.86. The summed E-state index contributed by atoms with van der Waals surface area (Å²) in [6.07, 6.45) is -0.241. The van der Waals surface area contributed by atoms with E-state index in [1.165, 1.54) is 23.1 Å². The molecule has 2 heterocycles. The topological polar surface area (TPSA) is 118 Å². The lowest BCUT2D eigenvalue weighted by atomic mass is 9.87. The number of amides is 2. The van der Waals surface area contributed by atoms with E-state index in [1.807, 2.05) is 43.3 Å². The van der Waals surface area contributed by atoms with Crippen molar-refractivity contribution in [3.05, 3.63) is 106 Å². The number of benzene rings is 4. The molecular formula is C33H20N4O4S2. The lowest BCUT2D eigenvalue weighted by Crippen LogP contribution is -2.47. The summed E-state index contributed by atoms with van der Waals surface area (Å²) >= 11 is 2.37. The van der Waals surface area contributed by atoms with Crippen molar-refractivity contribution in [1.82, 2.24) is 19.4 Å². The normalized spacial score (nSPS) is 12.9. The molecule has 0 spiro atoms. The van der Waals surface area contributed by atoms with Crippen LogP contribution >= 0.6 is 23.1 Å². The molecule has 0 fully saturated rings. The highest BCUT2D eigenvalue weighted by Gasteiger charge is 2.31. The van der Waals surface area contributed by atoms with Gasteiger partial charge in [0.1, 0.15) is 6.17 Å². The Morgan fingerprint density at radius 3 is 1.47 bits per heavy atom.